The molecular weight excluding hydrogens is 296 g/mol. The molecule has 1 amide bonds. The van der Waals surface area contributed by atoms with Crippen molar-refractivity contribution in [2.45, 2.75) is 32.4 Å². The lowest BCUT2D eigenvalue weighted by atomic mass is 9.88. The second-order valence-corrected chi connectivity index (χ2v) is 7.13. The van der Waals surface area contributed by atoms with Crippen molar-refractivity contribution in [3.8, 4) is 0 Å². The molecule has 0 saturated carbocycles. The molecule has 0 fully saturated rings. The van der Waals surface area contributed by atoms with Gasteiger partial charge in [-0.2, -0.15) is 0 Å². The number of carbonyl (C=O) groups is 1. The molecule has 2 atom stereocenters. The van der Waals surface area contributed by atoms with E-state index in [0.717, 1.165) is 29.2 Å². The van der Waals surface area contributed by atoms with Gasteiger partial charge in [-0.1, -0.05) is 6.92 Å². The number of hydrogen-bond donors (Lipinski definition) is 2. The average Bonchev–Trinajstić information content (AvgIpc) is 3.11. The smallest absolute Gasteiger partial charge is 0.256 e. The molecule has 114 valence electrons. The summed E-state index contributed by atoms with van der Waals surface area (Å²) in [6.07, 6.45) is 8.52. The Kier molecular flexibility index (Phi) is 3.30. The molecule has 0 spiro atoms. The lowest BCUT2D eigenvalue weighted by Gasteiger charge is -2.24. The van der Waals surface area contributed by atoms with E-state index in [2.05, 4.69) is 17.6 Å². The van der Waals surface area contributed by atoms with Crippen molar-refractivity contribution in [3.05, 3.63) is 46.2 Å². The van der Waals surface area contributed by atoms with Crippen molar-refractivity contribution in [2.24, 2.45) is 5.92 Å². The van der Waals surface area contributed by atoms with Gasteiger partial charge in [0.2, 0.25) is 0 Å². The van der Waals surface area contributed by atoms with Crippen LogP contribution in [0.1, 0.15) is 39.9 Å². The largest absolute Gasteiger partial charge is 0.465 e. The Hall–Kier alpha value is -2.01. The third kappa shape index (κ3) is 2.35. The maximum Gasteiger partial charge on any atom is 0.256 e. The lowest BCUT2D eigenvalue weighted by molar-refractivity contribution is 0.0942. The molecule has 1 aliphatic carbocycles. The van der Waals surface area contributed by atoms with Gasteiger partial charge >= 0.3 is 0 Å². The molecule has 0 aromatic carbocycles. The summed E-state index contributed by atoms with van der Waals surface area (Å²) in [6, 6.07) is 3.73. The second-order valence-electron chi connectivity index (χ2n) is 6.03. The minimum absolute atomic E-state index is 0.0369. The molecule has 4 rings (SSSR count). The van der Waals surface area contributed by atoms with Crippen LogP contribution in [0.25, 0.3) is 6.08 Å². The third-order valence-corrected chi connectivity index (χ3v) is 5.49. The van der Waals surface area contributed by atoms with Crippen molar-refractivity contribution < 1.29 is 9.21 Å². The third-order valence-electron chi connectivity index (χ3n) is 4.31. The number of anilines is 1. The Morgan fingerprint density at radius 2 is 2.32 bits per heavy atom. The number of hydrogen-bond acceptors (Lipinski definition) is 4. The van der Waals surface area contributed by atoms with E-state index in [9.17, 15) is 4.79 Å². The Morgan fingerprint density at radius 3 is 3.14 bits per heavy atom. The first-order chi connectivity index (χ1) is 10.7. The molecule has 4 nitrogen and oxygen atoms in total. The number of rotatable bonds is 2. The van der Waals surface area contributed by atoms with Crippen LogP contribution in [0.3, 0.4) is 0 Å². The molecule has 0 unspecified atom stereocenters. The summed E-state index contributed by atoms with van der Waals surface area (Å²) in [5.41, 5.74) is 2.13. The molecule has 2 N–H and O–H groups in total. The number of furan rings is 1. The molecule has 0 bridgehead atoms. The number of nitrogens with one attached hydrogen (secondary N) is 2. The molecule has 5 heteroatoms. The normalized spacial score (nSPS) is 23.8. The molecule has 2 aromatic rings. The highest BCUT2D eigenvalue weighted by molar-refractivity contribution is 7.16. The molecular formula is C17H18N2O2S. The highest BCUT2D eigenvalue weighted by atomic mass is 32.1. The van der Waals surface area contributed by atoms with E-state index >= 15 is 0 Å². The summed E-state index contributed by atoms with van der Waals surface area (Å²) in [7, 11) is 0. The maximum absolute atomic E-state index is 12.5. The molecule has 0 radical (unpaired) electrons. The Labute approximate surface area is 133 Å². The van der Waals surface area contributed by atoms with Crippen LogP contribution >= 0.6 is 11.3 Å². The fraction of sp³-hybridized carbons (Fsp3) is 0.353. The van der Waals surface area contributed by atoms with Gasteiger partial charge in [0.1, 0.15) is 16.9 Å². The van der Waals surface area contributed by atoms with E-state index < -0.39 is 0 Å². The van der Waals surface area contributed by atoms with Gasteiger partial charge in [0.05, 0.1) is 11.8 Å². The van der Waals surface area contributed by atoms with Gasteiger partial charge in [0, 0.05) is 4.88 Å². The summed E-state index contributed by atoms with van der Waals surface area (Å²) in [5, 5.41) is 7.44. The summed E-state index contributed by atoms with van der Waals surface area (Å²) in [5.74, 6) is 1.53. The molecule has 1 aliphatic heterocycles. The Balaban J connectivity index is 1.60. The van der Waals surface area contributed by atoms with Crippen LogP contribution in [-0.2, 0) is 12.8 Å². The van der Waals surface area contributed by atoms with Crippen LogP contribution < -0.4 is 10.6 Å². The molecule has 2 aromatic heterocycles. The van der Waals surface area contributed by atoms with Gasteiger partial charge in [-0.15, -0.1) is 11.3 Å². The van der Waals surface area contributed by atoms with Crippen LogP contribution in [0.15, 0.2) is 28.9 Å². The van der Waals surface area contributed by atoms with Gasteiger partial charge in [0.15, 0.2) is 0 Å². The van der Waals surface area contributed by atoms with Crippen molar-refractivity contribution in [2.75, 3.05) is 5.32 Å². The minimum Gasteiger partial charge on any atom is -0.465 e. The number of amides is 1. The standard InChI is InChI=1S/C17H18N2O2S/c1-10-4-6-12-13(9-10)22-17-15(12)16(20)18-14(19-17)7-5-11-3-2-8-21-11/h2-3,5,7-8,10,14,19H,4,6,9H2,1H3,(H,18,20)/b7-5+/t10-,14+/m1/s1. The Morgan fingerprint density at radius 1 is 1.41 bits per heavy atom. The molecule has 3 heterocycles. The predicted octanol–water partition coefficient (Wildman–Crippen LogP) is 3.66. The highest BCUT2D eigenvalue weighted by Gasteiger charge is 2.31. The van der Waals surface area contributed by atoms with E-state index in [1.807, 2.05) is 24.3 Å². The van der Waals surface area contributed by atoms with Crippen LogP contribution in [0.5, 0.6) is 0 Å². The van der Waals surface area contributed by atoms with Crippen molar-refractivity contribution in [1.82, 2.24) is 5.32 Å². The van der Waals surface area contributed by atoms with Gasteiger partial charge in [0.25, 0.3) is 5.91 Å². The van der Waals surface area contributed by atoms with Crippen molar-refractivity contribution >= 4 is 28.3 Å². The van der Waals surface area contributed by atoms with Crippen LogP contribution in [0.2, 0.25) is 0 Å². The van der Waals surface area contributed by atoms with Crippen LogP contribution in [0, 0.1) is 5.92 Å². The molecule has 22 heavy (non-hydrogen) atoms. The zero-order chi connectivity index (χ0) is 15.1. The molecule has 2 aliphatic rings. The quantitative estimate of drug-likeness (QED) is 0.889. The van der Waals surface area contributed by atoms with Crippen molar-refractivity contribution in [1.29, 1.82) is 0 Å². The topological polar surface area (TPSA) is 54.3 Å². The fourth-order valence-electron chi connectivity index (χ4n) is 3.16. The highest BCUT2D eigenvalue weighted by Crippen LogP contribution is 2.41. The first kappa shape index (κ1) is 13.6. The Bertz CT molecular complexity index is 730. The van der Waals surface area contributed by atoms with E-state index in [4.69, 9.17) is 4.42 Å². The minimum atomic E-state index is -0.192. The second kappa shape index (κ2) is 5.32. The van der Waals surface area contributed by atoms with Gasteiger partial charge in [-0.25, -0.2) is 0 Å². The number of fused-ring (bicyclic) bond motifs is 3. The lowest BCUT2D eigenvalue weighted by Crippen LogP contribution is -2.43. The van der Waals surface area contributed by atoms with E-state index in [1.54, 1.807) is 17.6 Å². The first-order valence-electron chi connectivity index (χ1n) is 7.64. The summed E-state index contributed by atoms with van der Waals surface area (Å²) >= 11 is 1.74. The molecule has 0 saturated heterocycles. The van der Waals surface area contributed by atoms with Gasteiger partial charge in [-0.3, -0.25) is 4.79 Å². The maximum atomic E-state index is 12.5. The average molecular weight is 314 g/mol. The van der Waals surface area contributed by atoms with E-state index in [-0.39, 0.29) is 12.1 Å². The van der Waals surface area contributed by atoms with Crippen LogP contribution in [-0.4, -0.2) is 12.1 Å². The van der Waals surface area contributed by atoms with Gasteiger partial charge < -0.3 is 15.1 Å². The van der Waals surface area contributed by atoms with E-state index in [1.165, 1.54) is 16.9 Å². The number of thiophene rings is 1. The first-order valence-corrected chi connectivity index (χ1v) is 8.46. The zero-order valence-corrected chi connectivity index (χ0v) is 13.2. The summed E-state index contributed by atoms with van der Waals surface area (Å²) in [6.45, 7) is 2.28. The zero-order valence-electron chi connectivity index (χ0n) is 12.4. The van der Waals surface area contributed by atoms with Crippen molar-refractivity contribution in [3.63, 3.8) is 0 Å². The number of carbonyl (C=O) groups excluding carboxylic acids is 1. The summed E-state index contributed by atoms with van der Waals surface area (Å²) < 4.78 is 5.27. The van der Waals surface area contributed by atoms with Crippen LogP contribution in [0.4, 0.5) is 5.00 Å². The van der Waals surface area contributed by atoms with Gasteiger partial charge in [-0.05, 0) is 55.0 Å². The van der Waals surface area contributed by atoms with E-state index in [0.29, 0.717) is 5.92 Å². The monoisotopic (exact) mass is 314 g/mol. The predicted molar refractivity (Wildman–Crippen MR) is 88.1 cm³/mol. The SMILES string of the molecule is C[C@@H]1CCc2c(sc3c2C(=O)N[C@H](/C=C/c2ccco2)N3)C1. The fourth-order valence-corrected chi connectivity index (χ4v) is 4.60. The summed E-state index contributed by atoms with van der Waals surface area (Å²) in [4.78, 5) is 13.8.